The van der Waals surface area contributed by atoms with E-state index in [1.54, 1.807) is 45.9 Å². The first-order valence-corrected chi connectivity index (χ1v) is 9.92. The number of pyridine rings is 1. The summed E-state index contributed by atoms with van der Waals surface area (Å²) in [5, 5.41) is 8.57. The third-order valence-electron chi connectivity index (χ3n) is 5.59. The van der Waals surface area contributed by atoms with Gasteiger partial charge in [0.1, 0.15) is 17.0 Å². The minimum atomic E-state index is -0.300. The minimum Gasteiger partial charge on any atom is -0.313 e. The first kappa shape index (κ1) is 17.9. The van der Waals surface area contributed by atoms with Crippen molar-refractivity contribution in [3.8, 4) is 11.5 Å². The van der Waals surface area contributed by atoms with Crippen LogP contribution < -0.4 is 11.0 Å². The van der Waals surface area contributed by atoms with E-state index in [1.165, 1.54) is 6.07 Å². The van der Waals surface area contributed by atoms with Crippen LogP contribution >= 0.6 is 0 Å². The SMILES string of the molecule is O=c1[nH]c2nc(-c3nn(Cc4ccccc4F)c4ncccc34)ncc2n1C1CNC1. The van der Waals surface area contributed by atoms with Gasteiger partial charge in [0.15, 0.2) is 17.1 Å². The van der Waals surface area contributed by atoms with E-state index in [0.29, 0.717) is 33.9 Å². The fraction of sp³-hybridized carbons (Fsp3) is 0.190. The second kappa shape index (κ2) is 6.81. The summed E-state index contributed by atoms with van der Waals surface area (Å²) in [6, 6.07) is 10.4. The molecular formula is C21H17FN8O. The van der Waals surface area contributed by atoms with Crippen LogP contribution in [0.3, 0.4) is 0 Å². The molecule has 2 N–H and O–H groups in total. The Kier molecular flexibility index (Phi) is 3.93. The molecule has 0 aliphatic carbocycles. The van der Waals surface area contributed by atoms with Crippen molar-refractivity contribution in [3.05, 3.63) is 70.7 Å². The lowest BCUT2D eigenvalue weighted by Crippen LogP contribution is -2.46. The normalized spacial score (nSPS) is 14.4. The third-order valence-corrected chi connectivity index (χ3v) is 5.59. The van der Waals surface area contributed by atoms with Gasteiger partial charge in [-0.05, 0) is 18.2 Å². The van der Waals surface area contributed by atoms with E-state index in [1.807, 2.05) is 6.07 Å². The van der Waals surface area contributed by atoms with Gasteiger partial charge in [-0.2, -0.15) is 5.10 Å². The molecule has 1 saturated heterocycles. The second-order valence-corrected chi connectivity index (χ2v) is 7.51. The van der Waals surface area contributed by atoms with Crippen LogP contribution in [0.2, 0.25) is 0 Å². The number of halogens is 1. The predicted octanol–water partition coefficient (Wildman–Crippen LogP) is 1.86. The maximum Gasteiger partial charge on any atom is 0.328 e. The summed E-state index contributed by atoms with van der Waals surface area (Å²) >= 11 is 0. The van der Waals surface area contributed by atoms with E-state index >= 15 is 0 Å². The molecule has 10 heteroatoms. The van der Waals surface area contributed by atoms with Crippen LogP contribution in [-0.2, 0) is 6.54 Å². The molecule has 0 radical (unpaired) electrons. The zero-order valence-corrected chi connectivity index (χ0v) is 16.3. The van der Waals surface area contributed by atoms with Crippen LogP contribution in [0.15, 0.2) is 53.6 Å². The van der Waals surface area contributed by atoms with Gasteiger partial charge in [-0.25, -0.2) is 28.8 Å². The summed E-state index contributed by atoms with van der Waals surface area (Å²) in [6.07, 6.45) is 3.31. The lowest BCUT2D eigenvalue weighted by molar-refractivity contribution is 0.344. The molecule has 1 aromatic carbocycles. The summed E-state index contributed by atoms with van der Waals surface area (Å²) in [6.45, 7) is 1.71. The number of nitrogens with one attached hydrogen (secondary N) is 2. The van der Waals surface area contributed by atoms with Crippen LogP contribution in [0, 0.1) is 5.82 Å². The lowest BCUT2D eigenvalue weighted by atomic mass is 10.2. The van der Waals surface area contributed by atoms with Gasteiger partial charge < -0.3 is 5.32 Å². The topological polar surface area (TPSA) is 106 Å². The molecule has 1 fully saturated rings. The monoisotopic (exact) mass is 416 g/mol. The number of rotatable bonds is 4. The highest BCUT2D eigenvalue weighted by Gasteiger charge is 2.24. The summed E-state index contributed by atoms with van der Waals surface area (Å²) in [7, 11) is 0. The molecule has 1 aliphatic heterocycles. The Hall–Kier alpha value is -3.92. The molecule has 154 valence electrons. The van der Waals surface area contributed by atoms with Crippen molar-refractivity contribution in [3.63, 3.8) is 0 Å². The number of H-pyrrole nitrogens is 1. The van der Waals surface area contributed by atoms with E-state index in [2.05, 4.69) is 30.4 Å². The van der Waals surface area contributed by atoms with E-state index in [9.17, 15) is 9.18 Å². The van der Waals surface area contributed by atoms with Crippen LogP contribution in [0.4, 0.5) is 4.39 Å². The zero-order valence-electron chi connectivity index (χ0n) is 16.3. The van der Waals surface area contributed by atoms with Crippen molar-refractivity contribution in [2.24, 2.45) is 0 Å². The lowest BCUT2D eigenvalue weighted by Gasteiger charge is -2.27. The molecule has 0 unspecified atom stereocenters. The smallest absolute Gasteiger partial charge is 0.313 e. The predicted molar refractivity (Wildman–Crippen MR) is 112 cm³/mol. The number of nitrogens with zero attached hydrogens (tertiary/aromatic N) is 6. The van der Waals surface area contributed by atoms with Crippen molar-refractivity contribution in [2.45, 2.75) is 12.6 Å². The maximum absolute atomic E-state index is 14.2. The molecule has 4 aromatic heterocycles. The first-order chi connectivity index (χ1) is 15.2. The Morgan fingerprint density at radius 1 is 1.13 bits per heavy atom. The van der Waals surface area contributed by atoms with Crippen molar-refractivity contribution < 1.29 is 4.39 Å². The van der Waals surface area contributed by atoms with E-state index in [4.69, 9.17) is 0 Å². The Morgan fingerprint density at radius 2 is 2.00 bits per heavy atom. The molecule has 0 bridgehead atoms. The quantitative estimate of drug-likeness (QED) is 0.463. The highest BCUT2D eigenvalue weighted by Crippen LogP contribution is 2.26. The number of imidazole rings is 1. The number of benzene rings is 1. The number of hydrogen-bond acceptors (Lipinski definition) is 6. The largest absolute Gasteiger partial charge is 0.328 e. The van der Waals surface area contributed by atoms with Crippen LogP contribution in [-0.4, -0.2) is 47.4 Å². The average Bonchev–Trinajstić information content (AvgIpc) is 3.26. The molecule has 0 spiro atoms. The second-order valence-electron chi connectivity index (χ2n) is 7.51. The molecule has 1 aliphatic rings. The van der Waals surface area contributed by atoms with Crippen molar-refractivity contribution in [1.29, 1.82) is 0 Å². The molecule has 0 saturated carbocycles. The summed E-state index contributed by atoms with van der Waals surface area (Å²) < 4.78 is 17.5. The van der Waals surface area contributed by atoms with Gasteiger partial charge in [0, 0.05) is 24.8 Å². The minimum absolute atomic E-state index is 0.0979. The fourth-order valence-corrected chi connectivity index (χ4v) is 3.92. The van der Waals surface area contributed by atoms with Gasteiger partial charge in [-0.15, -0.1) is 0 Å². The Morgan fingerprint density at radius 3 is 2.81 bits per heavy atom. The van der Waals surface area contributed by atoms with Crippen LogP contribution in [0.25, 0.3) is 33.7 Å². The highest BCUT2D eigenvalue weighted by atomic mass is 19.1. The van der Waals surface area contributed by atoms with E-state index < -0.39 is 0 Å². The molecule has 6 rings (SSSR count). The highest BCUT2D eigenvalue weighted by molar-refractivity contribution is 5.90. The number of aromatic amines is 1. The fourth-order valence-electron chi connectivity index (χ4n) is 3.92. The van der Waals surface area contributed by atoms with Gasteiger partial charge in [0.2, 0.25) is 0 Å². The summed E-state index contributed by atoms with van der Waals surface area (Å²) in [5.74, 6) is 0.0728. The third kappa shape index (κ3) is 2.83. The number of fused-ring (bicyclic) bond motifs is 2. The standard InChI is InChI=1S/C21H17FN8O/c22-15-6-2-1-4-12(15)11-29-20-14(5-3-7-24-20)17(28-29)19-25-10-16-18(26-19)27-21(31)30(16)13-8-23-9-13/h1-7,10,13,23H,8-9,11H2,(H,25,26,27,31). The molecule has 0 atom stereocenters. The van der Waals surface area contributed by atoms with Crippen LogP contribution in [0.5, 0.6) is 0 Å². The molecule has 31 heavy (non-hydrogen) atoms. The van der Waals surface area contributed by atoms with Gasteiger partial charge in [0.25, 0.3) is 0 Å². The van der Waals surface area contributed by atoms with Gasteiger partial charge >= 0.3 is 5.69 Å². The molecule has 5 aromatic rings. The Balaban J connectivity index is 1.48. The van der Waals surface area contributed by atoms with Crippen molar-refractivity contribution in [1.82, 2.24) is 39.6 Å². The average molecular weight is 416 g/mol. The molecule has 0 amide bonds. The maximum atomic E-state index is 14.2. The molecule has 5 heterocycles. The van der Waals surface area contributed by atoms with Crippen molar-refractivity contribution in [2.75, 3.05) is 13.1 Å². The van der Waals surface area contributed by atoms with Crippen molar-refractivity contribution >= 4 is 22.2 Å². The number of hydrogen-bond donors (Lipinski definition) is 2. The summed E-state index contributed by atoms with van der Waals surface area (Å²) in [5.41, 5.74) is 2.56. The van der Waals surface area contributed by atoms with Gasteiger partial charge in [-0.3, -0.25) is 9.55 Å². The first-order valence-electron chi connectivity index (χ1n) is 9.92. The molecular weight excluding hydrogens is 399 g/mol. The number of aromatic nitrogens is 7. The zero-order chi connectivity index (χ0) is 20.9. The van der Waals surface area contributed by atoms with E-state index in [0.717, 1.165) is 18.5 Å². The summed E-state index contributed by atoms with van der Waals surface area (Å²) in [4.78, 5) is 28.7. The van der Waals surface area contributed by atoms with Crippen LogP contribution in [0.1, 0.15) is 11.6 Å². The van der Waals surface area contributed by atoms with Gasteiger partial charge in [-0.1, -0.05) is 18.2 Å². The Labute approximate surface area is 174 Å². The van der Waals surface area contributed by atoms with E-state index in [-0.39, 0.29) is 24.1 Å². The Bertz CT molecular complexity index is 1500. The molecule has 9 nitrogen and oxygen atoms in total. The van der Waals surface area contributed by atoms with Gasteiger partial charge in [0.05, 0.1) is 24.2 Å².